The number of fused-ring (bicyclic) bond motifs is 7. The number of para-hydroxylation sites is 1. The third-order valence-corrected chi connectivity index (χ3v) is 10.8. The van der Waals surface area contributed by atoms with Crippen LogP contribution in [0.25, 0.3) is 75.1 Å². The zero-order valence-corrected chi connectivity index (χ0v) is 27.3. The van der Waals surface area contributed by atoms with Crippen LogP contribution in [-0.2, 0) is 0 Å². The van der Waals surface area contributed by atoms with Gasteiger partial charge in [-0.1, -0.05) is 127 Å². The number of nitrogens with zero attached hydrogens (tertiary/aromatic N) is 1. The third kappa shape index (κ3) is 4.62. The first-order valence-electron chi connectivity index (χ1n) is 16.6. The van der Waals surface area contributed by atoms with E-state index in [9.17, 15) is 0 Å². The minimum absolute atomic E-state index is 0.889. The van der Waals surface area contributed by atoms with Crippen LogP contribution in [0.3, 0.4) is 0 Å². The molecule has 2 nitrogen and oxygen atoms in total. The Bertz CT molecular complexity index is 2830. The van der Waals surface area contributed by atoms with E-state index in [2.05, 4.69) is 169 Å². The molecule has 0 aliphatic carbocycles. The average Bonchev–Trinajstić information content (AvgIpc) is 3.74. The van der Waals surface area contributed by atoms with Crippen molar-refractivity contribution in [1.29, 1.82) is 0 Å². The molecule has 0 bridgehead atoms. The van der Waals surface area contributed by atoms with E-state index in [1.807, 2.05) is 23.5 Å². The quantitative estimate of drug-likeness (QED) is 0.186. The first kappa shape index (κ1) is 27.9. The summed E-state index contributed by atoms with van der Waals surface area (Å²) in [4.78, 5) is 2.46. The van der Waals surface area contributed by atoms with Crippen molar-refractivity contribution >= 4 is 81.3 Å². The van der Waals surface area contributed by atoms with E-state index in [4.69, 9.17) is 4.42 Å². The second-order valence-corrected chi connectivity index (χ2v) is 13.6. The molecular weight excluding hydrogens is 615 g/mol. The van der Waals surface area contributed by atoms with Crippen LogP contribution in [0.1, 0.15) is 0 Å². The Morgan fingerprint density at radius 3 is 1.92 bits per heavy atom. The molecule has 0 N–H and O–H groups in total. The van der Waals surface area contributed by atoms with E-state index < -0.39 is 0 Å². The predicted octanol–water partition coefficient (Wildman–Crippen LogP) is 13.9. The molecule has 0 aliphatic rings. The van der Waals surface area contributed by atoms with Crippen LogP contribution in [0.2, 0.25) is 0 Å². The third-order valence-electron chi connectivity index (χ3n) is 9.64. The van der Waals surface area contributed by atoms with Crippen molar-refractivity contribution in [3.63, 3.8) is 0 Å². The number of furan rings is 1. The molecule has 0 atom stereocenters. The number of hydrogen-bond donors (Lipinski definition) is 0. The summed E-state index contributed by atoms with van der Waals surface area (Å²) >= 11 is 1.87. The summed E-state index contributed by atoms with van der Waals surface area (Å²) < 4.78 is 8.84. The number of hydrogen-bond acceptors (Lipinski definition) is 3. The molecule has 2 aromatic heterocycles. The summed E-state index contributed by atoms with van der Waals surface area (Å²) in [5.41, 5.74) is 9.98. The summed E-state index contributed by atoms with van der Waals surface area (Å²) in [6, 6.07) is 63.3. The van der Waals surface area contributed by atoms with Gasteiger partial charge in [0, 0.05) is 43.2 Å². The van der Waals surface area contributed by atoms with Crippen LogP contribution >= 0.6 is 11.3 Å². The molecule has 0 aliphatic heterocycles. The molecule has 3 heteroatoms. The van der Waals surface area contributed by atoms with Crippen LogP contribution in [0.15, 0.2) is 180 Å². The second kappa shape index (κ2) is 11.2. The molecule has 10 rings (SSSR count). The Labute approximate surface area is 287 Å². The number of rotatable bonds is 5. The Hall–Kier alpha value is -6.16. The Balaban J connectivity index is 1.27. The molecule has 230 valence electrons. The highest BCUT2D eigenvalue weighted by Gasteiger charge is 2.24. The molecule has 49 heavy (non-hydrogen) atoms. The van der Waals surface area contributed by atoms with Gasteiger partial charge in [0.05, 0.1) is 10.4 Å². The Morgan fingerprint density at radius 1 is 0.408 bits per heavy atom. The average molecular weight is 644 g/mol. The molecule has 2 heterocycles. The normalized spacial score (nSPS) is 11.7. The maximum absolute atomic E-state index is 6.29. The van der Waals surface area contributed by atoms with Gasteiger partial charge in [0.25, 0.3) is 0 Å². The molecule has 0 saturated carbocycles. The van der Waals surface area contributed by atoms with E-state index in [1.165, 1.54) is 58.9 Å². The van der Waals surface area contributed by atoms with Gasteiger partial charge >= 0.3 is 0 Å². The SMILES string of the molecule is c1ccc(-c2ccc3cc(N(c4ccc5oc6ccccc6c5c4)c4c(-c5ccccc5)ccc5c4sc4ccccc45)ccc3c2)cc1. The van der Waals surface area contributed by atoms with Crippen LogP contribution in [0, 0.1) is 0 Å². The molecule has 0 fully saturated rings. The molecule has 0 radical (unpaired) electrons. The standard InChI is InChI=1S/C46H29NOS/c1-3-11-30(12-4-1)32-19-20-34-28-35(22-21-33(34)27-32)47(36-23-26-43-41(29-36)38-15-7-9-17-42(38)48-43)45-37(31-13-5-2-6-14-31)24-25-40-39-16-8-10-18-44(39)49-46(40)45/h1-29H. The summed E-state index contributed by atoms with van der Waals surface area (Å²) in [7, 11) is 0. The van der Waals surface area contributed by atoms with Gasteiger partial charge in [0.1, 0.15) is 11.2 Å². The number of anilines is 3. The Morgan fingerprint density at radius 2 is 1.06 bits per heavy atom. The second-order valence-electron chi connectivity index (χ2n) is 12.5. The van der Waals surface area contributed by atoms with E-state index in [0.29, 0.717) is 0 Å². The van der Waals surface area contributed by atoms with E-state index in [1.54, 1.807) is 0 Å². The minimum atomic E-state index is 0.889. The first-order valence-corrected chi connectivity index (χ1v) is 17.4. The lowest BCUT2D eigenvalue weighted by Gasteiger charge is -2.29. The van der Waals surface area contributed by atoms with Gasteiger partial charge in [-0.2, -0.15) is 0 Å². The summed E-state index contributed by atoms with van der Waals surface area (Å²) in [6.07, 6.45) is 0. The largest absolute Gasteiger partial charge is 0.456 e. The zero-order chi connectivity index (χ0) is 32.3. The summed E-state index contributed by atoms with van der Waals surface area (Å²) in [6.45, 7) is 0. The van der Waals surface area contributed by atoms with E-state index >= 15 is 0 Å². The molecule has 0 amide bonds. The molecule has 0 unspecified atom stereocenters. The van der Waals surface area contributed by atoms with Crippen LogP contribution < -0.4 is 4.90 Å². The van der Waals surface area contributed by atoms with Gasteiger partial charge in [0.2, 0.25) is 0 Å². The molecule has 0 spiro atoms. The highest BCUT2D eigenvalue weighted by Crippen LogP contribution is 2.50. The fourth-order valence-corrected chi connectivity index (χ4v) is 8.53. The summed E-state index contributed by atoms with van der Waals surface area (Å²) in [5, 5.41) is 7.19. The molecular formula is C46H29NOS. The fraction of sp³-hybridized carbons (Fsp3) is 0. The molecule has 0 saturated heterocycles. The highest BCUT2D eigenvalue weighted by molar-refractivity contribution is 7.26. The lowest BCUT2D eigenvalue weighted by atomic mass is 9.98. The first-order chi connectivity index (χ1) is 24.3. The van der Waals surface area contributed by atoms with Crippen molar-refractivity contribution < 1.29 is 4.42 Å². The van der Waals surface area contributed by atoms with Gasteiger partial charge in [-0.3, -0.25) is 0 Å². The van der Waals surface area contributed by atoms with E-state index in [-0.39, 0.29) is 0 Å². The van der Waals surface area contributed by atoms with Crippen molar-refractivity contribution in [2.45, 2.75) is 0 Å². The minimum Gasteiger partial charge on any atom is -0.456 e. The number of thiophene rings is 1. The van der Waals surface area contributed by atoms with Crippen LogP contribution in [-0.4, -0.2) is 0 Å². The topological polar surface area (TPSA) is 16.4 Å². The lowest BCUT2D eigenvalue weighted by molar-refractivity contribution is 0.669. The van der Waals surface area contributed by atoms with Gasteiger partial charge in [-0.05, 0) is 76.0 Å². The smallest absolute Gasteiger partial charge is 0.135 e. The maximum atomic E-state index is 6.29. The van der Waals surface area contributed by atoms with Crippen LogP contribution in [0.5, 0.6) is 0 Å². The van der Waals surface area contributed by atoms with Crippen molar-refractivity contribution in [1.82, 2.24) is 0 Å². The fourth-order valence-electron chi connectivity index (χ4n) is 7.29. The summed E-state index contributed by atoms with van der Waals surface area (Å²) in [5.74, 6) is 0. The van der Waals surface area contributed by atoms with Crippen LogP contribution in [0.4, 0.5) is 17.1 Å². The Kier molecular flexibility index (Phi) is 6.39. The lowest BCUT2D eigenvalue weighted by Crippen LogP contribution is -2.11. The predicted molar refractivity (Wildman–Crippen MR) is 210 cm³/mol. The van der Waals surface area contributed by atoms with Gasteiger partial charge in [-0.15, -0.1) is 11.3 Å². The molecule has 8 aromatic carbocycles. The van der Waals surface area contributed by atoms with Gasteiger partial charge < -0.3 is 9.32 Å². The number of benzene rings is 8. The monoisotopic (exact) mass is 643 g/mol. The van der Waals surface area contributed by atoms with Crippen molar-refractivity contribution in [3.8, 4) is 22.3 Å². The van der Waals surface area contributed by atoms with Gasteiger partial charge in [0.15, 0.2) is 0 Å². The van der Waals surface area contributed by atoms with Crippen molar-refractivity contribution in [2.24, 2.45) is 0 Å². The van der Waals surface area contributed by atoms with Gasteiger partial charge in [-0.25, -0.2) is 0 Å². The molecule has 10 aromatic rings. The maximum Gasteiger partial charge on any atom is 0.135 e. The van der Waals surface area contributed by atoms with E-state index in [0.717, 1.165) is 33.3 Å². The van der Waals surface area contributed by atoms with Crippen molar-refractivity contribution in [3.05, 3.63) is 176 Å². The van der Waals surface area contributed by atoms with Crippen molar-refractivity contribution in [2.75, 3.05) is 4.90 Å². The highest BCUT2D eigenvalue weighted by atomic mass is 32.1. The zero-order valence-electron chi connectivity index (χ0n) is 26.5.